The standard InChI is InChI=1S/C49H32N4/c1-2-13-36(14-3-1)53(37-24-22-33(23-25-37)39-26-27-44-41-17-5-4-16-40(41)43-19-11-18-42(39)49(43)44)38-15-10-12-34(30-38)35-31-47(45-20-6-8-28-50-45)52-48(32-35)46-21-7-9-29-51-46/h1-32H. The van der Waals surface area contributed by atoms with E-state index in [9.17, 15) is 0 Å². The Balaban J connectivity index is 1.06. The van der Waals surface area contributed by atoms with Crippen molar-refractivity contribution in [3.05, 3.63) is 194 Å². The number of anilines is 3. The summed E-state index contributed by atoms with van der Waals surface area (Å²) >= 11 is 0. The zero-order chi connectivity index (χ0) is 35.1. The highest BCUT2D eigenvalue weighted by molar-refractivity contribution is 6.18. The Hall–Kier alpha value is -7.17. The summed E-state index contributed by atoms with van der Waals surface area (Å²) in [6.07, 6.45) is 3.61. The summed E-state index contributed by atoms with van der Waals surface area (Å²) < 4.78 is 0. The number of hydrogen-bond donors (Lipinski definition) is 0. The molecule has 0 spiro atoms. The van der Waals surface area contributed by atoms with Crippen LogP contribution >= 0.6 is 0 Å². The van der Waals surface area contributed by atoms with Crippen LogP contribution in [0.15, 0.2) is 194 Å². The Labute approximate surface area is 308 Å². The van der Waals surface area contributed by atoms with Gasteiger partial charge in [0.2, 0.25) is 0 Å². The second kappa shape index (κ2) is 12.9. The molecule has 4 nitrogen and oxygen atoms in total. The first-order valence-corrected chi connectivity index (χ1v) is 17.8. The molecular formula is C49H32N4. The monoisotopic (exact) mass is 676 g/mol. The highest BCUT2D eigenvalue weighted by atomic mass is 15.1. The van der Waals surface area contributed by atoms with Crippen molar-refractivity contribution in [3.8, 4) is 67.3 Å². The van der Waals surface area contributed by atoms with E-state index in [0.29, 0.717) is 0 Å². The number of nitrogens with zero attached hydrogens (tertiary/aromatic N) is 4. The van der Waals surface area contributed by atoms with Gasteiger partial charge in [-0.1, -0.05) is 109 Å². The van der Waals surface area contributed by atoms with Gasteiger partial charge < -0.3 is 4.90 Å². The minimum atomic E-state index is 0.802. The predicted octanol–water partition coefficient (Wildman–Crippen LogP) is 12.8. The molecule has 0 fully saturated rings. The number of pyridine rings is 3. The number of rotatable bonds is 7. The van der Waals surface area contributed by atoms with Gasteiger partial charge in [-0.05, 0) is 128 Å². The lowest BCUT2D eigenvalue weighted by molar-refractivity contribution is 1.22. The summed E-state index contributed by atoms with van der Waals surface area (Å²) in [6, 6.07) is 64.3. The van der Waals surface area contributed by atoms with Gasteiger partial charge in [0.1, 0.15) is 0 Å². The molecule has 0 atom stereocenters. The van der Waals surface area contributed by atoms with Crippen molar-refractivity contribution < 1.29 is 0 Å². The SMILES string of the molecule is c1ccc(N(c2ccc(-c3ccc4c5c(cccc35)-c3ccccc3-4)cc2)c2cccc(-c3cc(-c4ccccn4)nc(-c4ccccn4)c3)c2)cc1. The Bertz CT molecular complexity index is 2670. The topological polar surface area (TPSA) is 41.9 Å². The van der Waals surface area contributed by atoms with Crippen molar-refractivity contribution >= 4 is 27.8 Å². The van der Waals surface area contributed by atoms with E-state index in [1.165, 1.54) is 44.2 Å². The van der Waals surface area contributed by atoms with Gasteiger partial charge in [0.05, 0.1) is 22.8 Å². The Morgan fingerprint density at radius 1 is 0.321 bits per heavy atom. The zero-order valence-electron chi connectivity index (χ0n) is 28.8. The van der Waals surface area contributed by atoms with E-state index in [-0.39, 0.29) is 0 Å². The van der Waals surface area contributed by atoms with Gasteiger partial charge in [-0.2, -0.15) is 0 Å². The fourth-order valence-electron chi connectivity index (χ4n) is 7.69. The average molecular weight is 677 g/mol. The molecule has 0 aliphatic heterocycles. The normalized spacial score (nSPS) is 11.4. The van der Waals surface area contributed by atoms with E-state index in [1.54, 1.807) is 12.4 Å². The van der Waals surface area contributed by atoms with Crippen LogP contribution in [0.4, 0.5) is 17.1 Å². The molecule has 1 aliphatic rings. The Morgan fingerprint density at radius 2 is 0.887 bits per heavy atom. The van der Waals surface area contributed by atoms with E-state index in [4.69, 9.17) is 4.98 Å². The van der Waals surface area contributed by atoms with Crippen molar-refractivity contribution in [3.63, 3.8) is 0 Å². The molecule has 1 aliphatic carbocycles. The lowest BCUT2D eigenvalue weighted by Gasteiger charge is -2.26. The number of para-hydroxylation sites is 1. The van der Waals surface area contributed by atoms with Crippen molar-refractivity contribution in [2.45, 2.75) is 0 Å². The van der Waals surface area contributed by atoms with Crippen LogP contribution in [0.2, 0.25) is 0 Å². The second-order valence-electron chi connectivity index (χ2n) is 13.3. The molecule has 248 valence electrons. The van der Waals surface area contributed by atoms with Crippen molar-refractivity contribution in [2.75, 3.05) is 4.90 Å². The summed E-state index contributed by atoms with van der Waals surface area (Å²) in [5.41, 5.74) is 16.3. The van der Waals surface area contributed by atoms with Gasteiger partial charge in [0, 0.05) is 29.5 Å². The summed E-state index contributed by atoms with van der Waals surface area (Å²) in [4.78, 5) is 16.5. The van der Waals surface area contributed by atoms with Crippen LogP contribution in [0.5, 0.6) is 0 Å². The molecule has 0 saturated heterocycles. The summed E-state index contributed by atoms with van der Waals surface area (Å²) in [6.45, 7) is 0. The molecule has 53 heavy (non-hydrogen) atoms. The summed E-state index contributed by atoms with van der Waals surface area (Å²) in [5, 5.41) is 2.62. The van der Waals surface area contributed by atoms with Crippen molar-refractivity contribution in [1.29, 1.82) is 0 Å². The van der Waals surface area contributed by atoms with Gasteiger partial charge in [-0.25, -0.2) is 4.98 Å². The highest BCUT2D eigenvalue weighted by Gasteiger charge is 2.22. The van der Waals surface area contributed by atoms with Gasteiger partial charge in [0.15, 0.2) is 0 Å². The van der Waals surface area contributed by atoms with Gasteiger partial charge in [0.25, 0.3) is 0 Å². The molecular weight excluding hydrogens is 645 g/mol. The number of benzene rings is 6. The van der Waals surface area contributed by atoms with Gasteiger partial charge in [-0.15, -0.1) is 0 Å². The van der Waals surface area contributed by atoms with Crippen LogP contribution in [0.25, 0.3) is 78.1 Å². The zero-order valence-corrected chi connectivity index (χ0v) is 28.8. The summed E-state index contributed by atoms with van der Waals surface area (Å²) in [7, 11) is 0. The van der Waals surface area contributed by atoms with Crippen molar-refractivity contribution in [2.24, 2.45) is 0 Å². The van der Waals surface area contributed by atoms with Crippen LogP contribution in [-0.2, 0) is 0 Å². The third kappa shape index (κ3) is 5.45. The number of fused-ring (bicyclic) bond motifs is 3. The Kier molecular flexibility index (Phi) is 7.43. The van der Waals surface area contributed by atoms with Crippen LogP contribution in [0.3, 0.4) is 0 Å². The van der Waals surface area contributed by atoms with Crippen LogP contribution in [-0.4, -0.2) is 15.0 Å². The molecule has 0 N–H and O–H groups in total. The lowest BCUT2D eigenvalue weighted by Crippen LogP contribution is -2.09. The highest BCUT2D eigenvalue weighted by Crippen LogP contribution is 2.49. The maximum absolute atomic E-state index is 4.99. The molecule has 6 aromatic carbocycles. The number of aromatic nitrogens is 3. The van der Waals surface area contributed by atoms with E-state index in [0.717, 1.165) is 51.0 Å². The minimum Gasteiger partial charge on any atom is -0.310 e. The summed E-state index contributed by atoms with van der Waals surface area (Å²) in [5.74, 6) is 0. The maximum atomic E-state index is 4.99. The molecule has 0 saturated carbocycles. The maximum Gasteiger partial charge on any atom is 0.0900 e. The molecule has 0 unspecified atom stereocenters. The number of hydrogen-bond acceptors (Lipinski definition) is 4. The quantitative estimate of drug-likeness (QED) is 0.168. The molecule has 4 heteroatoms. The molecule has 3 aromatic heterocycles. The Morgan fingerprint density at radius 3 is 1.57 bits per heavy atom. The minimum absolute atomic E-state index is 0.802. The first-order chi connectivity index (χ1) is 26.3. The molecule has 10 rings (SSSR count). The molecule has 3 heterocycles. The molecule has 0 radical (unpaired) electrons. The predicted molar refractivity (Wildman–Crippen MR) is 218 cm³/mol. The smallest absolute Gasteiger partial charge is 0.0900 e. The molecule has 0 bridgehead atoms. The third-order valence-corrected chi connectivity index (χ3v) is 10.1. The third-order valence-electron chi connectivity index (χ3n) is 10.1. The average Bonchev–Trinajstić information content (AvgIpc) is 3.57. The van der Waals surface area contributed by atoms with E-state index < -0.39 is 0 Å². The van der Waals surface area contributed by atoms with Crippen LogP contribution in [0, 0.1) is 0 Å². The largest absolute Gasteiger partial charge is 0.310 e. The van der Waals surface area contributed by atoms with Crippen LogP contribution in [0.1, 0.15) is 0 Å². The van der Waals surface area contributed by atoms with Crippen LogP contribution < -0.4 is 4.90 Å². The van der Waals surface area contributed by atoms with Gasteiger partial charge in [-0.3, -0.25) is 9.97 Å². The lowest BCUT2D eigenvalue weighted by atomic mass is 9.94. The first-order valence-electron chi connectivity index (χ1n) is 17.8. The fourth-order valence-corrected chi connectivity index (χ4v) is 7.69. The molecule has 9 aromatic rings. The first kappa shape index (κ1) is 30.6. The molecule has 0 amide bonds. The fraction of sp³-hybridized carbons (Fsp3) is 0. The van der Waals surface area contributed by atoms with Crippen molar-refractivity contribution in [1.82, 2.24) is 15.0 Å². The van der Waals surface area contributed by atoms with E-state index >= 15 is 0 Å². The van der Waals surface area contributed by atoms with E-state index in [1.807, 2.05) is 36.4 Å². The van der Waals surface area contributed by atoms with E-state index in [2.05, 4.69) is 160 Å². The second-order valence-corrected chi connectivity index (χ2v) is 13.3. The van der Waals surface area contributed by atoms with Gasteiger partial charge >= 0.3 is 0 Å².